The topological polar surface area (TPSA) is 113 Å². The highest BCUT2D eigenvalue weighted by Crippen LogP contribution is 2.21. The molecule has 10 heteroatoms. The summed E-state index contributed by atoms with van der Waals surface area (Å²) in [6.07, 6.45) is 0.992. The number of hydrogen-bond donors (Lipinski definition) is 1. The predicted molar refractivity (Wildman–Crippen MR) is 139 cm³/mol. The molecule has 2 aromatic rings. The second-order valence-corrected chi connectivity index (χ2v) is 11.0. The van der Waals surface area contributed by atoms with Crippen LogP contribution in [0.4, 0.5) is 5.69 Å². The number of benzene rings is 2. The molecule has 0 spiro atoms. The SMILES string of the molecule is COc1cccc(CN(C(=O)CN(c2cccc(C(C)=O)c2)S(C)(=O)=O)[C@@H](C)C(=O)NCC(C)C)c1. The molecule has 36 heavy (non-hydrogen) atoms. The van der Waals surface area contributed by atoms with E-state index in [2.05, 4.69) is 5.32 Å². The maximum atomic E-state index is 13.6. The molecule has 1 N–H and O–H groups in total. The fraction of sp³-hybridized carbons (Fsp3) is 0.423. The average Bonchev–Trinajstić information content (AvgIpc) is 2.83. The summed E-state index contributed by atoms with van der Waals surface area (Å²) in [5.74, 6) is -0.326. The summed E-state index contributed by atoms with van der Waals surface area (Å²) in [7, 11) is -2.36. The van der Waals surface area contributed by atoms with Crippen LogP contribution in [0.1, 0.15) is 43.6 Å². The Balaban J connectivity index is 2.42. The number of ether oxygens (including phenoxy) is 1. The van der Waals surface area contributed by atoms with Gasteiger partial charge in [0, 0.05) is 18.7 Å². The lowest BCUT2D eigenvalue weighted by molar-refractivity contribution is -0.139. The van der Waals surface area contributed by atoms with Crippen LogP contribution in [0.15, 0.2) is 48.5 Å². The van der Waals surface area contributed by atoms with E-state index in [1.807, 2.05) is 13.8 Å². The Kier molecular flexibility index (Phi) is 10.0. The molecule has 0 aromatic heterocycles. The van der Waals surface area contributed by atoms with Crippen molar-refractivity contribution in [3.8, 4) is 5.75 Å². The van der Waals surface area contributed by atoms with Gasteiger partial charge in [0.1, 0.15) is 18.3 Å². The van der Waals surface area contributed by atoms with E-state index in [0.717, 1.165) is 16.1 Å². The molecule has 0 heterocycles. The smallest absolute Gasteiger partial charge is 0.244 e. The second kappa shape index (κ2) is 12.5. The van der Waals surface area contributed by atoms with Gasteiger partial charge in [-0.1, -0.05) is 38.1 Å². The standard InChI is InChI=1S/C26H35N3O6S/c1-18(2)15-27-26(32)19(3)28(16-21-9-7-12-24(13-21)35-5)25(31)17-29(36(6,33)34)23-11-8-10-22(14-23)20(4)30/h7-14,18-19H,15-17H2,1-6H3,(H,27,32)/t19-/m0/s1. The number of sulfonamides is 1. The van der Waals surface area contributed by atoms with E-state index in [4.69, 9.17) is 4.74 Å². The molecule has 0 aliphatic rings. The fourth-order valence-electron chi connectivity index (χ4n) is 3.50. The molecule has 0 aliphatic heterocycles. The van der Waals surface area contributed by atoms with E-state index in [0.29, 0.717) is 17.9 Å². The first-order valence-electron chi connectivity index (χ1n) is 11.6. The van der Waals surface area contributed by atoms with Crippen molar-refractivity contribution in [1.82, 2.24) is 10.2 Å². The number of Topliss-reactive ketones (excluding diaryl/α,β-unsaturated/α-hetero) is 1. The first-order chi connectivity index (χ1) is 16.8. The van der Waals surface area contributed by atoms with Gasteiger partial charge in [-0.15, -0.1) is 0 Å². The highest BCUT2D eigenvalue weighted by Gasteiger charge is 2.30. The quantitative estimate of drug-likeness (QED) is 0.433. The van der Waals surface area contributed by atoms with Crippen molar-refractivity contribution in [3.63, 3.8) is 0 Å². The van der Waals surface area contributed by atoms with Gasteiger partial charge in [0.05, 0.1) is 19.1 Å². The number of anilines is 1. The molecule has 2 amide bonds. The first-order valence-corrected chi connectivity index (χ1v) is 13.5. The monoisotopic (exact) mass is 517 g/mol. The molecular weight excluding hydrogens is 482 g/mol. The van der Waals surface area contributed by atoms with Crippen LogP contribution < -0.4 is 14.4 Å². The van der Waals surface area contributed by atoms with Gasteiger partial charge in [-0.05, 0) is 49.6 Å². The molecule has 196 valence electrons. The molecule has 0 saturated carbocycles. The summed E-state index contributed by atoms with van der Waals surface area (Å²) in [5.41, 5.74) is 1.23. The summed E-state index contributed by atoms with van der Waals surface area (Å²) in [4.78, 5) is 39.6. The molecule has 9 nitrogen and oxygen atoms in total. The highest BCUT2D eigenvalue weighted by molar-refractivity contribution is 7.92. The van der Waals surface area contributed by atoms with Crippen molar-refractivity contribution in [2.75, 3.05) is 30.8 Å². The molecule has 0 saturated heterocycles. The number of rotatable bonds is 12. The van der Waals surface area contributed by atoms with Crippen LogP contribution >= 0.6 is 0 Å². The molecule has 0 aliphatic carbocycles. The first kappa shape index (κ1) is 28.8. The maximum absolute atomic E-state index is 13.6. The van der Waals surface area contributed by atoms with E-state index in [9.17, 15) is 22.8 Å². The van der Waals surface area contributed by atoms with Gasteiger partial charge >= 0.3 is 0 Å². The molecule has 2 aromatic carbocycles. The lowest BCUT2D eigenvalue weighted by atomic mass is 10.1. The Morgan fingerprint density at radius 2 is 1.69 bits per heavy atom. The zero-order valence-corrected chi connectivity index (χ0v) is 22.5. The zero-order chi connectivity index (χ0) is 27.0. The van der Waals surface area contributed by atoms with Gasteiger partial charge < -0.3 is 15.0 Å². The van der Waals surface area contributed by atoms with E-state index in [-0.39, 0.29) is 29.8 Å². The van der Waals surface area contributed by atoms with Crippen LogP contribution in [0.2, 0.25) is 0 Å². The molecule has 0 fully saturated rings. The summed E-state index contributed by atoms with van der Waals surface area (Å²) in [5, 5.41) is 2.83. The largest absolute Gasteiger partial charge is 0.497 e. The van der Waals surface area contributed by atoms with Crippen molar-refractivity contribution >= 4 is 33.3 Å². The van der Waals surface area contributed by atoms with Crippen molar-refractivity contribution in [1.29, 1.82) is 0 Å². The number of carbonyl (C=O) groups excluding carboxylic acids is 3. The Morgan fingerprint density at radius 3 is 2.28 bits per heavy atom. The van der Waals surface area contributed by atoms with Crippen molar-refractivity contribution in [3.05, 3.63) is 59.7 Å². The Bertz CT molecular complexity index is 1200. The van der Waals surface area contributed by atoms with Gasteiger partial charge in [0.2, 0.25) is 21.8 Å². The number of methoxy groups -OCH3 is 1. The third kappa shape index (κ3) is 8.08. The Labute approximate surface area is 213 Å². The van der Waals surface area contributed by atoms with E-state index in [1.54, 1.807) is 43.3 Å². The minimum atomic E-state index is -3.89. The minimum absolute atomic E-state index is 0.0669. The van der Waals surface area contributed by atoms with Gasteiger partial charge in [-0.2, -0.15) is 0 Å². The van der Waals surface area contributed by atoms with Crippen LogP contribution in [-0.2, 0) is 26.2 Å². The third-order valence-electron chi connectivity index (χ3n) is 5.56. The normalized spacial score (nSPS) is 12.1. The van der Waals surface area contributed by atoms with Gasteiger partial charge in [0.15, 0.2) is 5.78 Å². The molecule has 2 rings (SSSR count). The van der Waals surface area contributed by atoms with Gasteiger partial charge in [-0.3, -0.25) is 18.7 Å². The van der Waals surface area contributed by atoms with Crippen LogP contribution in [0, 0.1) is 5.92 Å². The molecule has 0 bridgehead atoms. The Hall–Kier alpha value is -3.40. The van der Waals surface area contributed by atoms with E-state index >= 15 is 0 Å². The van der Waals surface area contributed by atoms with Gasteiger partial charge in [-0.25, -0.2) is 8.42 Å². The number of nitrogens with one attached hydrogen (secondary N) is 1. The van der Waals surface area contributed by atoms with E-state index in [1.165, 1.54) is 31.1 Å². The highest BCUT2D eigenvalue weighted by atomic mass is 32.2. The molecule has 0 unspecified atom stereocenters. The number of carbonyl (C=O) groups is 3. The number of hydrogen-bond acceptors (Lipinski definition) is 6. The number of amides is 2. The van der Waals surface area contributed by atoms with Crippen LogP contribution in [-0.4, -0.2) is 63.4 Å². The minimum Gasteiger partial charge on any atom is -0.497 e. The Morgan fingerprint density at radius 1 is 1.03 bits per heavy atom. The van der Waals surface area contributed by atoms with Crippen LogP contribution in [0.25, 0.3) is 0 Å². The summed E-state index contributed by atoms with van der Waals surface area (Å²) >= 11 is 0. The number of nitrogens with zero attached hydrogens (tertiary/aromatic N) is 2. The third-order valence-corrected chi connectivity index (χ3v) is 6.70. The predicted octanol–water partition coefficient (Wildman–Crippen LogP) is 2.85. The van der Waals surface area contributed by atoms with Crippen molar-refractivity contribution < 1.29 is 27.5 Å². The summed E-state index contributed by atoms with van der Waals surface area (Å²) < 4.78 is 31.6. The lowest BCUT2D eigenvalue weighted by Gasteiger charge is -2.31. The molecule has 0 radical (unpaired) electrons. The summed E-state index contributed by atoms with van der Waals surface area (Å²) in [6.45, 7) is 6.88. The van der Waals surface area contributed by atoms with Crippen molar-refractivity contribution in [2.45, 2.75) is 40.3 Å². The summed E-state index contributed by atoms with van der Waals surface area (Å²) in [6, 6.07) is 12.3. The van der Waals surface area contributed by atoms with E-state index < -0.39 is 28.5 Å². The molecule has 1 atom stereocenters. The number of ketones is 1. The maximum Gasteiger partial charge on any atom is 0.244 e. The van der Waals surface area contributed by atoms with Gasteiger partial charge in [0.25, 0.3) is 0 Å². The van der Waals surface area contributed by atoms with Crippen molar-refractivity contribution in [2.24, 2.45) is 5.92 Å². The molecular formula is C26H35N3O6S. The fourth-order valence-corrected chi connectivity index (χ4v) is 4.34. The van der Waals surface area contributed by atoms with Crippen LogP contribution in [0.3, 0.4) is 0 Å². The zero-order valence-electron chi connectivity index (χ0n) is 21.6. The second-order valence-electron chi connectivity index (χ2n) is 9.06. The van der Waals surface area contributed by atoms with Crippen LogP contribution in [0.5, 0.6) is 5.75 Å². The lowest BCUT2D eigenvalue weighted by Crippen LogP contribution is -2.51. The average molecular weight is 518 g/mol.